The third-order valence-electron chi connectivity index (χ3n) is 3.96. The quantitative estimate of drug-likeness (QED) is 0.826. The van der Waals surface area contributed by atoms with Crippen LogP contribution in [0, 0.1) is 11.3 Å². The molecule has 0 spiro atoms. The minimum absolute atomic E-state index is 0.121. The largest absolute Gasteiger partial charge is 0.494 e. The summed E-state index contributed by atoms with van der Waals surface area (Å²) >= 11 is 0. The molecule has 1 aromatic carbocycles. The fraction of sp³-hybridized carbons (Fsp3) is 0.529. The first-order valence-corrected chi connectivity index (χ1v) is 9.63. The molecule has 1 N–H and O–H groups in total. The first kappa shape index (κ1) is 19.2. The van der Waals surface area contributed by atoms with Crippen LogP contribution in [0.15, 0.2) is 29.2 Å². The molecule has 8 heteroatoms. The number of hydrogen-bond acceptors (Lipinski definition) is 5. The smallest absolute Gasteiger partial charge is 0.243 e. The van der Waals surface area contributed by atoms with Crippen LogP contribution in [0.5, 0.6) is 5.75 Å². The Kier molecular flexibility index (Phi) is 5.70. The van der Waals surface area contributed by atoms with E-state index >= 15 is 0 Å². The number of nitriles is 1. The molecule has 0 aromatic heterocycles. The van der Waals surface area contributed by atoms with Crippen molar-refractivity contribution in [2.45, 2.75) is 50.1 Å². The molecule has 1 saturated heterocycles. The maximum atomic E-state index is 12.9. The molecule has 1 aliphatic heterocycles. The van der Waals surface area contributed by atoms with E-state index in [2.05, 4.69) is 5.32 Å². The number of nitrogens with one attached hydrogen (secondary N) is 1. The van der Waals surface area contributed by atoms with Crippen LogP contribution in [-0.2, 0) is 14.8 Å². The Morgan fingerprint density at radius 3 is 2.60 bits per heavy atom. The van der Waals surface area contributed by atoms with E-state index in [0.717, 1.165) is 0 Å². The second-order valence-corrected chi connectivity index (χ2v) is 8.29. The van der Waals surface area contributed by atoms with Gasteiger partial charge in [-0.15, -0.1) is 0 Å². The predicted octanol–water partition coefficient (Wildman–Crippen LogP) is 1.66. The third kappa shape index (κ3) is 4.30. The van der Waals surface area contributed by atoms with Gasteiger partial charge in [-0.05, 0) is 57.9 Å². The van der Waals surface area contributed by atoms with Crippen LogP contribution in [0.25, 0.3) is 0 Å². The lowest BCUT2D eigenvalue weighted by molar-refractivity contribution is -0.125. The summed E-state index contributed by atoms with van der Waals surface area (Å²) in [5, 5.41) is 11.7. The highest BCUT2D eigenvalue weighted by Gasteiger charge is 2.40. The second-order valence-electron chi connectivity index (χ2n) is 6.40. The standard InChI is InChI=1S/C17H23N3O4S/c1-4-24-13-7-9-14(10-8-13)25(22,23)20-11-5-6-15(20)16(21)19-17(2,3)12-18/h7-10,15H,4-6,11H2,1-3H3,(H,19,21)/t15-/m0/s1. The van der Waals surface area contributed by atoms with Gasteiger partial charge in [0.15, 0.2) is 0 Å². The van der Waals surface area contributed by atoms with Gasteiger partial charge in [-0.1, -0.05) is 0 Å². The molecule has 2 rings (SSSR count). The number of benzene rings is 1. The lowest BCUT2D eigenvalue weighted by atomic mass is 10.1. The lowest BCUT2D eigenvalue weighted by Gasteiger charge is -2.26. The Bertz CT molecular complexity index is 766. The summed E-state index contributed by atoms with van der Waals surface area (Å²) in [4.78, 5) is 12.6. The van der Waals surface area contributed by atoms with Crippen LogP contribution in [0.3, 0.4) is 0 Å². The van der Waals surface area contributed by atoms with Gasteiger partial charge in [0.1, 0.15) is 17.3 Å². The minimum atomic E-state index is -3.79. The van der Waals surface area contributed by atoms with Gasteiger partial charge in [-0.25, -0.2) is 8.42 Å². The lowest BCUT2D eigenvalue weighted by Crippen LogP contribution is -2.51. The molecule has 1 amide bonds. The summed E-state index contributed by atoms with van der Waals surface area (Å²) in [5.74, 6) is 0.145. The second kappa shape index (κ2) is 7.42. The Morgan fingerprint density at radius 2 is 2.04 bits per heavy atom. The highest BCUT2D eigenvalue weighted by molar-refractivity contribution is 7.89. The van der Waals surface area contributed by atoms with Gasteiger partial charge in [-0.3, -0.25) is 4.79 Å². The molecule has 0 aliphatic carbocycles. The number of rotatable bonds is 6. The van der Waals surface area contributed by atoms with Crippen molar-refractivity contribution in [2.24, 2.45) is 0 Å². The zero-order valence-corrected chi connectivity index (χ0v) is 15.5. The van der Waals surface area contributed by atoms with Crippen molar-refractivity contribution < 1.29 is 17.9 Å². The average Bonchev–Trinajstić information content (AvgIpc) is 3.06. The summed E-state index contributed by atoms with van der Waals surface area (Å²) in [7, 11) is -3.79. The molecule has 0 saturated carbocycles. The van der Waals surface area contributed by atoms with E-state index in [1.54, 1.807) is 26.0 Å². The van der Waals surface area contributed by atoms with E-state index in [-0.39, 0.29) is 11.4 Å². The fourth-order valence-electron chi connectivity index (χ4n) is 2.72. The van der Waals surface area contributed by atoms with Crippen LogP contribution in [-0.4, -0.2) is 43.4 Å². The Hall–Kier alpha value is -2.11. The zero-order chi connectivity index (χ0) is 18.7. The van der Waals surface area contributed by atoms with E-state index in [1.807, 2.05) is 13.0 Å². The van der Waals surface area contributed by atoms with Gasteiger partial charge in [0.05, 0.1) is 17.6 Å². The van der Waals surface area contributed by atoms with Crippen LogP contribution in [0.1, 0.15) is 33.6 Å². The number of carbonyl (C=O) groups is 1. The number of hydrogen-bond donors (Lipinski definition) is 1. The zero-order valence-electron chi connectivity index (χ0n) is 14.7. The molecule has 0 radical (unpaired) electrons. The molecule has 1 atom stereocenters. The van der Waals surface area contributed by atoms with E-state index in [9.17, 15) is 13.2 Å². The molecule has 1 aliphatic rings. The highest BCUT2D eigenvalue weighted by Crippen LogP contribution is 2.27. The molecule has 1 aromatic rings. The van der Waals surface area contributed by atoms with Crippen molar-refractivity contribution in [2.75, 3.05) is 13.2 Å². The summed E-state index contributed by atoms with van der Waals surface area (Å²) < 4.78 is 32.3. The van der Waals surface area contributed by atoms with E-state index in [1.165, 1.54) is 16.4 Å². The number of carbonyl (C=O) groups excluding carboxylic acids is 1. The minimum Gasteiger partial charge on any atom is -0.494 e. The fourth-order valence-corrected chi connectivity index (χ4v) is 4.38. The van der Waals surface area contributed by atoms with Crippen LogP contribution in [0.4, 0.5) is 0 Å². The summed E-state index contributed by atoms with van der Waals surface area (Å²) in [6.07, 6.45) is 1.03. The van der Waals surface area contributed by atoms with Gasteiger partial charge < -0.3 is 10.1 Å². The first-order chi connectivity index (χ1) is 11.7. The molecule has 25 heavy (non-hydrogen) atoms. The van der Waals surface area contributed by atoms with Crippen LogP contribution < -0.4 is 10.1 Å². The van der Waals surface area contributed by atoms with Gasteiger partial charge in [0, 0.05) is 6.54 Å². The van der Waals surface area contributed by atoms with Crippen molar-refractivity contribution >= 4 is 15.9 Å². The van der Waals surface area contributed by atoms with Gasteiger partial charge in [0.25, 0.3) is 0 Å². The Balaban J connectivity index is 2.22. The summed E-state index contributed by atoms with van der Waals surface area (Å²) in [6.45, 7) is 5.77. The third-order valence-corrected chi connectivity index (χ3v) is 5.89. The van der Waals surface area contributed by atoms with Crippen molar-refractivity contribution in [3.8, 4) is 11.8 Å². The first-order valence-electron chi connectivity index (χ1n) is 8.19. The molecular formula is C17H23N3O4S. The molecule has 7 nitrogen and oxygen atoms in total. The van der Waals surface area contributed by atoms with Crippen LogP contribution in [0.2, 0.25) is 0 Å². The van der Waals surface area contributed by atoms with E-state index in [0.29, 0.717) is 25.2 Å². The topological polar surface area (TPSA) is 99.5 Å². The number of amides is 1. The van der Waals surface area contributed by atoms with Crippen LogP contribution >= 0.6 is 0 Å². The average molecular weight is 365 g/mol. The van der Waals surface area contributed by atoms with Crippen molar-refractivity contribution in [3.05, 3.63) is 24.3 Å². The van der Waals surface area contributed by atoms with Gasteiger partial charge in [-0.2, -0.15) is 9.57 Å². The van der Waals surface area contributed by atoms with Gasteiger partial charge in [0.2, 0.25) is 15.9 Å². The highest BCUT2D eigenvalue weighted by atomic mass is 32.2. The van der Waals surface area contributed by atoms with Gasteiger partial charge >= 0.3 is 0 Å². The van der Waals surface area contributed by atoms with E-state index < -0.39 is 27.5 Å². The predicted molar refractivity (Wildman–Crippen MR) is 92.4 cm³/mol. The molecule has 0 bridgehead atoms. The van der Waals surface area contributed by atoms with Crippen molar-refractivity contribution in [3.63, 3.8) is 0 Å². The molecule has 136 valence electrons. The van der Waals surface area contributed by atoms with E-state index in [4.69, 9.17) is 10.00 Å². The Morgan fingerprint density at radius 1 is 1.40 bits per heavy atom. The summed E-state index contributed by atoms with van der Waals surface area (Å²) in [6, 6.07) is 7.34. The Labute approximate surface area is 148 Å². The SMILES string of the molecule is CCOc1ccc(S(=O)(=O)N2CCC[C@H]2C(=O)NC(C)(C)C#N)cc1. The summed E-state index contributed by atoms with van der Waals surface area (Å²) in [5.41, 5.74) is -1.05. The maximum Gasteiger partial charge on any atom is 0.243 e. The number of sulfonamides is 1. The molecule has 1 heterocycles. The van der Waals surface area contributed by atoms with Crippen molar-refractivity contribution in [1.29, 1.82) is 5.26 Å². The monoisotopic (exact) mass is 365 g/mol. The normalized spacial score (nSPS) is 18.6. The number of nitrogens with zero attached hydrogens (tertiary/aromatic N) is 2. The number of ether oxygens (including phenoxy) is 1. The van der Waals surface area contributed by atoms with Crippen molar-refractivity contribution in [1.82, 2.24) is 9.62 Å². The molecule has 0 unspecified atom stereocenters. The molecule has 1 fully saturated rings. The maximum absolute atomic E-state index is 12.9. The molecular weight excluding hydrogens is 342 g/mol.